The van der Waals surface area contributed by atoms with Crippen molar-refractivity contribution in [2.24, 2.45) is 0 Å². The minimum absolute atomic E-state index is 0.237. The van der Waals surface area contributed by atoms with Gasteiger partial charge in [-0.1, -0.05) is 37.6 Å². The molecule has 1 N–H and O–H groups in total. The average molecular weight is 510 g/mol. The van der Waals surface area contributed by atoms with E-state index in [0.29, 0.717) is 46.0 Å². The maximum absolute atomic E-state index is 13.9. The van der Waals surface area contributed by atoms with E-state index in [0.717, 1.165) is 18.4 Å². The Balaban J connectivity index is 1.87. The van der Waals surface area contributed by atoms with Crippen molar-refractivity contribution in [2.75, 3.05) is 19.0 Å². The second-order valence-corrected chi connectivity index (χ2v) is 9.15. The van der Waals surface area contributed by atoms with Crippen LogP contribution in [0.5, 0.6) is 5.75 Å². The van der Waals surface area contributed by atoms with E-state index in [1.54, 1.807) is 53.0 Å². The second kappa shape index (κ2) is 11.6. The number of benzene rings is 3. The first-order chi connectivity index (χ1) is 18.4. The summed E-state index contributed by atoms with van der Waals surface area (Å²) < 4.78 is 7.18. The number of nitriles is 1. The molecule has 4 rings (SSSR count). The molecule has 0 aliphatic heterocycles. The molecule has 2 amide bonds. The van der Waals surface area contributed by atoms with Crippen LogP contribution in [0.4, 0.5) is 10.5 Å². The third-order valence-corrected chi connectivity index (χ3v) is 6.47. The summed E-state index contributed by atoms with van der Waals surface area (Å²) in [6.07, 6.45) is 1.64. The van der Waals surface area contributed by atoms with E-state index in [2.05, 4.69) is 18.3 Å². The summed E-state index contributed by atoms with van der Waals surface area (Å²) in [7, 11) is 1.56. The molecule has 0 saturated heterocycles. The number of aryl methyl sites for hydroxylation is 1. The topological polar surface area (TPSA) is 100 Å². The van der Waals surface area contributed by atoms with Gasteiger partial charge in [0.05, 0.1) is 41.4 Å². The molecule has 3 aromatic carbocycles. The third kappa shape index (κ3) is 5.37. The number of rotatable bonds is 8. The van der Waals surface area contributed by atoms with E-state index in [9.17, 15) is 14.9 Å². The largest absolute Gasteiger partial charge is 0.495 e. The Hall–Kier alpha value is -4.64. The Bertz CT molecular complexity index is 1570. The van der Waals surface area contributed by atoms with Gasteiger partial charge in [0.1, 0.15) is 11.6 Å². The molecule has 0 aliphatic rings. The predicted molar refractivity (Wildman–Crippen MR) is 149 cm³/mol. The van der Waals surface area contributed by atoms with Gasteiger partial charge in [0.15, 0.2) is 0 Å². The molecule has 1 atom stereocenters. The molecule has 1 heterocycles. The van der Waals surface area contributed by atoms with Crippen LogP contribution < -0.4 is 15.6 Å². The summed E-state index contributed by atoms with van der Waals surface area (Å²) in [4.78, 5) is 34.1. The fourth-order valence-electron chi connectivity index (χ4n) is 4.44. The quantitative estimate of drug-likeness (QED) is 0.315. The van der Waals surface area contributed by atoms with Crippen molar-refractivity contribution in [2.45, 2.75) is 39.7 Å². The van der Waals surface area contributed by atoms with Crippen LogP contribution in [0.1, 0.15) is 49.7 Å². The number of ether oxygens (including phenoxy) is 1. The lowest BCUT2D eigenvalue weighted by Crippen LogP contribution is -2.40. The van der Waals surface area contributed by atoms with Crippen LogP contribution >= 0.6 is 0 Å². The maximum atomic E-state index is 13.9. The highest BCUT2D eigenvalue weighted by atomic mass is 16.5. The Morgan fingerprint density at radius 2 is 1.95 bits per heavy atom. The number of carbonyl (C=O) groups excluding carboxylic acids is 1. The first-order valence-corrected chi connectivity index (χ1v) is 12.6. The molecular formula is C30H31N5O3. The van der Waals surface area contributed by atoms with Gasteiger partial charge in [0.25, 0.3) is 5.56 Å². The standard InChI is InChI=1S/C30H31N5O3/c1-5-6-16-34(30(37)32-23-11-9-10-22(18-23)19-31)21(3)28-33-25-13-8-7-12-24(25)29(36)35(28)26-17-20(2)14-15-27(26)38-4/h7-15,17-18,21H,5-6,16H2,1-4H3,(H,32,37). The van der Waals surface area contributed by atoms with E-state index in [4.69, 9.17) is 9.72 Å². The van der Waals surface area contributed by atoms with Gasteiger partial charge in [0.2, 0.25) is 0 Å². The summed E-state index contributed by atoms with van der Waals surface area (Å²) in [5, 5.41) is 12.6. The molecular weight excluding hydrogens is 478 g/mol. The molecule has 0 radical (unpaired) electrons. The van der Waals surface area contributed by atoms with Crippen molar-refractivity contribution in [1.29, 1.82) is 5.26 Å². The van der Waals surface area contributed by atoms with E-state index >= 15 is 0 Å². The summed E-state index contributed by atoms with van der Waals surface area (Å²) in [5.41, 5.74) is 2.81. The van der Waals surface area contributed by atoms with Gasteiger partial charge in [0, 0.05) is 12.2 Å². The normalized spacial score (nSPS) is 11.6. The third-order valence-electron chi connectivity index (χ3n) is 6.47. The SMILES string of the molecule is CCCCN(C(=O)Nc1cccc(C#N)c1)C(C)c1nc2ccccc2c(=O)n1-c1cc(C)ccc1OC. The number of nitrogens with one attached hydrogen (secondary N) is 1. The molecule has 38 heavy (non-hydrogen) atoms. The van der Waals surface area contributed by atoms with E-state index in [1.807, 2.05) is 44.2 Å². The molecule has 0 aliphatic carbocycles. The number of fused-ring (bicyclic) bond motifs is 1. The number of unbranched alkanes of at least 4 members (excludes halogenated alkanes) is 1. The van der Waals surface area contributed by atoms with E-state index in [1.165, 1.54) is 0 Å². The number of carbonyl (C=O) groups is 1. The average Bonchev–Trinajstić information content (AvgIpc) is 2.93. The zero-order valence-corrected chi connectivity index (χ0v) is 22.1. The fraction of sp³-hybridized carbons (Fsp3) is 0.267. The van der Waals surface area contributed by atoms with Gasteiger partial charge in [-0.15, -0.1) is 0 Å². The Kier molecular flexibility index (Phi) is 8.07. The van der Waals surface area contributed by atoms with Crippen molar-refractivity contribution < 1.29 is 9.53 Å². The van der Waals surface area contributed by atoms with E-state index < -0.39 is 6.04 Å². The number of hydrogen-bond donors (Lipinski definition) is 1. The molecule has 0 saturated carbocycles. The molecule has 0 fully saturated rings. The van der Waals surface area contributed by atoms with Gasteiger partial charge in [-0.25, -0.2) is 9.78 Å². The second-order valence-electron chi connectivity index (χ2n) is 9.15. The molecule has 0 spiro atoms. The zero-order valence-electron chi connectivity index (χ0n) is 22.1. The number of amides is 2. The van der Waals surface area contributed by atoms with Crippen LogP contribution in [0.3, 0.4) is 0 Å². The summed E-state index contributed by atoms with van der Waals surface area (Å²) in [6, 6.07) is 20.8. The Morgan fingerprint density at radius 3 is 2.68 bits per heavy atom. The smallest absolute Gasteiger partial charge is 0.322 e. The number of methoxy groups -OCH3 is 1. The molecule has 0 bridgehead atoms. The number of para-hydroxylation sites is 1. The highest BCUT2D eigenvalue weighted by Crippen LogP contribution is 2.29. The van der Waals surface area contributed by atoms with Crippen LogP contribution in [0.25, 0.3) is 16.6 Å². The Morgan fingerprint density at radius 1 is 1.16 bits per heavy atom. The molecule has 194 valence electrons. The highest BCUT2D eigenvalue weighted by molar-refractivity contribution is 5.90. The lowest BCUT2D eigenvalue weighted by atomic mass is 10.1. The van der Waals surface area contributed by atoms with Crippen molar-refractivity contribution in [3.05, 3.63) is 94.0 Å². The van der Waals surface area contributed by atoms with Crippen LogP contribution in [0.15, 0.2) is 71.5 Å². The monoisotopic (exact) mass is 509 g/mol. The predicted octanol–water partition coefficient (Wildman–Crippen LogP) is 5.97. The van der Waals surface area contributed by atoms with Gasteiger partial charge in [-0.2, -0.15) is 5.26 Å². The number of hydrogen-bond acceptors (Lipinski definition) is 5. The zero-order chi connectivity index (χ0) is 27.2. The van der Waals surface area contributed by atoms with Crippen molar-refractivity contribution in [1.82, 2.24) is 14.5 Å². The van der Waals surface area contributed by atoms with Crippen molar-refractivity contribution in [3.63, 3.8) is 0 Å². The van der Waals surface area contributed by atoms with E-state index in [-0.39, 0.29) is 11.6 Å². The van der Waals surface area contributed by atoms with Crippen molar-refractivity contribution >= 4 is 22.6 Å². The molecule has 8 nitrogen and oxygen atoms in total. The lowest BCUT2D eigenvalue weighted by Gasteiger charge is -2.31. The maximum Gasteiger partial charge on any atom is 0.322 e. The molecule has 8 heteroatoms. The Labute approximate surface area is 222 Å². The van der Waals surface area contributed by atoms with Crippen LogP contribution in [0.2, 0.25) is 0 Å². The number of urea groups is 1. The molecule has 4 aromatic rings. The highest BCUT2D eigenvalue weighted by Gasteiger charge is 2.28. The summed E-state index contributed by atoms with van der Waals surface area (Å²) in [5.74, 6) is 0.954. The van der Waals surface area contributed by atoms with Gasteiger partial charge >= 0.3 is 6.03 Å². The van der Waals surface area contributed by atoms with Crippen molar-refractivity contribution in [3.8, 4) is 17.5 Å². The number of aromatic nitrogens is 2. The minimum Gasteiger partial charge on any atom is -0.495 e. The minimum atomic E-state index is -0.566. The number of anilines is 1. The van der Waals surface area contributed by atoms with Crippen LogP contribution in [-0.4, -0.2) is 34.1 Å². The summed E-state index contributed by atoms with van der Waals surface area (Å²) in [6.45, 7) is 6.33. The molecule has 1 unspecified atom stereocenters. The summed E-state index contributed by atoms with van der Waals surface area (Å²) >= 11 is 0. The van der Waals surface area contributed by atoms with Gasteiger partial charge in [-0.3, -0.25) is 9.36 Å². The first kappa shape index (κ1) is 26.4. The van der Waals surface area contributed by atoms with Crippen LogP contribution in [0, 0.1) is 18.3 Å². The number of nitrogens with zero attached hydrogens (tertiary/aromatic N) is 4. The van der Waals surface area contributed by atoms with Gasteiger partial charge in [-0.05, 0) is 68.3 Å². The van der Waals surface area contributed by atoms with Gasteiger partial charge < -0.3 is 15.0 Å². The fourth-order valence-corrected chi connectivity index (χ4v) is 4.44. The lowest BCUT2D eigenvalue weighted by molar-refractivity contribution is 0.188. The first-order valence-electron chi connectivity index (χ1n) is 12.6. The van der Waals surface area contributed by atoms with Crippen LogP contribution in [-0.2, 0) is 0 Å². The molecule has 1 aromatic heterocycles.